The monoisotopic (exact) mass is 313 g/mol. The van der Waals surface area contributed by atoms with Gasteiger partial charge in [-0.2, -0.15) is 5.26 Å². The molecule has 1 amide bonds. The van der Waals surface area contributed by atoms with Crippen LogP contribution in [0, 0.1) is 11.3 Å². The molecular weight excluding hydrogens is 290 g/mol. The summed E-state index contributed by atoms with van der Waals surface area (Å²) in [5.41, 5.74) is 1.50. The zero-order valence-corrected chi connectivity index (χ0v) is 13.4. The Bertz CT molecular complexity index is 574. The average molecular weight is 313 g/mol. The number of nitriles is 1. The van der Waals surface area contributed by atoms with Crippen molar-refractivity contribution < 1.29 is 4.79 Å². The lowest BCUT2D eigenvalue weighted by atomic mass is 10.3. The molecule has 0 saturated carbocycles. The van der Waals surface area contributed by atoms with Crippen LogP contribution >= 0.6 is 0 Å². The summed E-state index contributed by atoms with van der Waals surface area (Å²) < 4.78 is 0. The van der Waals surface area contributed by atoms with Gasteiger partial charge in [-0.25, -0.2) is 4.98 Å². The van der Waals surface area contributed by atoms with E-state index in [1.807, 2.05) is 17.0 Å². The lowest BCUT2D eigenvalue weighted by Gasteiger charge is -2.24. The van der Waals surface area contributed by atoms with Crippen molar-refractivity contribution in [1.82, 2.24) is 14.8 Å². The molecule has 0 spiro atoms. The number of hydrogen-bond acceptors (Lipinski definition) is 5. The minimum absolute atomic E-state index is 0.274. The Morgan fingerprint density at radius 2 is 1.91 bits per heavy atom. The molecule has 6 nitrogen and oxygen atoms in total. The highest BCUT2D eigenvalue weighted by Gasteiger charge is 2.22. The van der Waals surface area contributed by atoms with Crippen LogP contribution in [0.2, 0.25) is 0 Å². The quantitative estimate of drug-likeness (QED) is 0.836. The van der Waals surface area contributed by atoms with Crippen molar-refractivity contribution in [3.8, 4) is 6.07 Å². The van der Waals surface area contributed by atoms with E-state index in [4.69, 9.17) is 5.26 Å². The van der Waals surface area contributed by atoms with E-state index in [0.29, 0.717) is 12.2 Å². The van der Waals surface area contributed by atoms with E-state index in [1.165, 1.54) is 0 Å². The van der Waals surface area contributed by atoms with Crippen LogP contribution in [0.4, 0.5) is 5.69 Å². The number of hydrogen-bond donors (Lipinski definition) is 0. The number of anilines is 1. The molecule has 3 heterocycles. The summed E-state index contributed by atoms with van der Waals surface area (Å²) in [5, 5.41) is 8.82. The summed E-state index contributed by atoms with van der Waals surface area (Å²) in [6.07, 6.45) is 5.09. The van der Waals surface area contributed by atoms with Crippen molar-refractivity contribution in [3.63, 3.8) is 0 Å². The predicted octanol–water partition coefficient (Wildman–Crippen LogP) is 1.09. The SMILES string of the molecule is N#Cc1ccc(N2CCCN(CC(=O)N3CCCC3)CC2)cn1. The van der Waals surface area contributed by atoms with Crippen molar-refractivity contribution in [2.45, 2.75) is 19.3 Å². The standard InChI is InChI=1S/C17H23N5O/c18-12-15-4-5-16(13-19-15)21-9-3-6-20(10-11-21)14-17(23)22-7-1-2-8-22/h4-5,13H,1-3,6-11,14H2. The Kier molecular flexibility index (Phi) is 5.09. The van der Waals surface area contributed by atoms with E-state index >= 15 is 0 Å². The number of nitrogens with zero attached hydrogens (tertiary/aromatic N) is 5. The van der Waals surface area contributed by atoms with Gasteiger partial charge in [-0.15, -0.1) is 0 Å². The number of carbonyl (C=O) groups excluding carboxylic acids is 1. The molecule has 122 valence electrons. The van der Waals surface area contributed by atoms with E-state index in [2.05, 4.69) is 14.8 Å². The molecule has 0 aliphatic carbocycles. The van der Waals surface area contributed by atoms with Crippen LogP contribution in [0.3, 0.4) is 0 Å². The van der Waals surface area contributed by atoms with Gasteiger partial charge in [0.2, 0.25) is 5.91 Å². The molecule has 6 heteroatoms. The Balaban J connectivity index is 1.54. The molecule has 2 fully saturated rings. The van der Waals surface area contributed by atoms with Crippen LogP contribution in [0.5, 0.6) is 0 Å². The minimum Gasteiger partial charge on any atom is -0.369 e. The summed E-state index contributed by atoms with van der Waals surface area (Å²) in [5.74, 6) is 0.274. The third kappa shape index (κ3) is 3.99. The third-order valence-electron chi connectivity index (χ3n) is 4.63. The van der Waals surface area contributed by atoms with Crippen LogP contribution in [0.15, 0.2) is 18.3 Å². The molecule has 0 bridgehead atoms. The zero-order chi connectivity index (χ0) is 16.1. The summed E-state index contributed by atoms with van der Waals surface area (Å²) >= 11 is 0. The first-order valence-corrected chi connectivity index (χ1v) is 8.37. The molecule has 0 aromatic carbocycles. The van der Waals surface area contributed by atoms with Crippen molar-refractivity contribution in [2.75, 3.05) is 50.7 Å². The van der Waals surface area contributed by atoms with Crippen molar-refractivity contribution in [1.29, 1.82) is 5.26 Å². The molecule has 0 atom stereocenters. The second-order valence-corrected chi connectivity index (χ2v) is 6.22. The molecule has 1 aromatic rings. The largest absolute Gasteiger partial charge is 0.369 e. The Morgan fingerprint density at radius 1 is 1.09 bits per heavy atom. The van der Waals surface area contributed by atoms with Crippen molar-refractivity contribution in [3.05, 3.63) is 24.0 Å². The first-order valence-electron chi connectivity index (χ1n) is 8.37. The molecule has 2 saturated heterocycles. The second-order valence-electron chi connectivity index (χ2n) is 6.22. The Hall–Kier alpha value is -2.13. The number of likely N-dealkylation sites (tertiary alicyclic amines) is 1. The molecule has 2 aliphatic rings. The maximum atomic E-state index is 12.3. The lowest BCUT2D eigenvalue weighted by molar-refractivity contribution is -0.131. The first-order chi connectivity index (χ1) is 11.3. The highest BCUT2D eigenvalue weighted by molar-refractivity contribution is 5.78. The van der Waals surface area contributed by atoms with E-state index in [1.54, 1.807) is 12.3 Å². The highest BCUT2D eigenvalue weighted by atomic mass is 16.2. The summed E-state index contributed by atoms with van der Waals surface area (Å²) in [4.78, 5) is 23.0. The second kappa shape index (κ2) is 7.42. The van der Waals surface area contributed by atoms with Gasteiger partial charge >= 0.3 is 0 Å². The van der Waals surface area contributed by atoms with Crippen molar-refractivity contribution in [2.24, 2.45) is 0 Å². The highest BCUT2D eigenvalue weighted by Crippen LogP contribution is 2.16. The number of rotatable bonds is 3. The molecule has 0 radical (unpaired) electrons. The molecule has 0 N–H and O–H groups in total. The molecule has 23 heavy (non-hydrogen) atoms. The van der Waals surface area contributed by atoms with E-state index in [9.17, 15) is 4.79 Å². The zero-order valence-electron chi connectivity index (χ0n) is 13.4. The summed E-state index contributed by atoms with van der Waals surface area (Å²) in [6, 6.07) is 5.76. The maximum absolute atomic E-state index is 12.3. The van der Waals surface area contributed by atoms with E-state index < -0.39 is 0 Å². The number of carbonyl (C=O) groups is 1. The fourth-order valence-corrected chi connectivity index (χ4v) is 3.28. The average Bonchev–Trinajstić information content (AvgIpc) is 3.03. The van der Waals surface area contributed by atoms with Gasteiger partial charge in [0.15, 0.2) is 0 Å². The lowest BCUT2D eigenvalue weighted by Crippen LogP contribution is -2.40. The fourth-order valence-electron chi connectivity index (χ4n) is 3.28. The molecule has 1 aromatic heterocycles. The number of amides is 1. The smallest absolute Gasteiger partial charge is 0.236 e. The van der Waals surface area contributed by atoms with Crippen molar-refractivity contribution >= 4 is 11.6 Å². The molecular formula is C17H23N5O. The van der Waals surface area contributed by atoms with Gasteiger partial charge in [0, 0.05) is 39.3 Å². The van der Waals surface area contributed by atoms with Crippen LogP contribution in [-0.2, 0) is 4.79 Å². The first kappa shape index (κ1) is 15.8. The molecule has 3 rings (SSSR count). The molecule has 0 unspecified atom stereocenters. The van der Waals surface area contributed by atoms with Gasteiger partial charge in [-0.1, -0.05) is 0 Å². The van der Waals surface area contributed by atoms with Crippen LogP contribution in [-0.4, -0.2) is 66.5 Å². The van der Waals surface area contributed by atoms with Crippen LogP contribution < -0.4 is 4.90 Å². The number of aromatic nitrogens is 1. The molecule has 2 aliphatic heterocycles. The minimum atomic E-state index is 0.274. The Morgan fingerprint density at radius 3 is 2.61 bits per heavy atom. The van der Waals surface area contributed by atoms with Gasteiger partial charge in [-0.05, 0) is 31.4 Å². The van der Waals surface area contributed by atoms with Gasteiger partial charge in [0.1, 0.15) is 11.8 Å². The van der Waals surface area contributed by atoms with Gasteiger partial charge < -0.3 is 9.80 Å². The predicted molar refractivity (Wildman–Crippen MR) is 88.0 cm³/mol. The van der Waals surface area contributed by atoms with Crippen LogP contribution in [0.1, 0.15) is 25.0 Å². The normalized spacial score (nSPS) is 19.4. The van der Waals surface area contributed by atoms with Gasteiger partial charge in [-0.3, -0.25) is 9.69 Å². The maximum Gasteiger partial charge on any atom is 0.236 e. The van der Waals surface area contributed by atoms with E-state index in [0.717, 1.165) is 64.2 Å². The van der Waals surface area contributed by atoms with Crippen LogP contribution in [0.25, 0.3) is 0 Å². The number of pyridine rings is 1. The summed E-state index contributed by atoms with van der Waals surface area (Å²) in [7, 11) is 0. The Labute approximate surface area is 137 Å². The topological polar surface area (TPSA) is 63.5 Å². The summed E-state index contributed by atoms with van der Waals surface area (Å²) in [6.45, 7) is 6.09. The van der Waals surface area contributed by atoms with Gasteiger partial charge in [0.05, 0.1) is 18.4 Å². The van der Waals surface area contributed by atoms with Gasteiger partial charge in [0.25, 0.3) is 0 Å². The van der Waals surface area contributed by atoms with E-state index in [-0.39, 0.29) is 5.91 Å². The fraction of sp³-hybridized carbons (Fsp3) is 0.588. The third-order valence-corrected chi connectivity index (χ3v) is 4.63.